The zero-order valence-corrected chi connectivity index (χ0v) is 13.5. The van der Waals surface area contributed by atoms with E-state index in [0.717, 1.165) is 12.6 Å². The van der Waals surface area contributed by atoms with Gasteiger partial charge in [-0.3, -0.25) is 4.55 Å². The fourth-order valence-electron chi connectivity index (χ4n) is 2.01. The van der Waals surface area contributed by atoms with Crippen molar-refractivity contribution in [2.45, 2.75) is 38.8 Å². The Morgan fingerprint density at radius 3 is 2.10 bits per heavy atom. The molecule has 0 aromatic heterocycles. The van der Waals surface area contributed by atoms with Crippen molar-refractivity contribution in [2.75, 3.05) is 11.9 Å². The van der Waals surface area contributed by atoms with Crippen molar-refractivity contribution in [1.29, 1.82) is 0 Å². The minimum absolute atomic E-state index is 0. The summed E-state index contributed by atoms with van der Waals surface area (Å²) in [6, 6.07) is 10.4. The van der Waals surface area contributed by atoms with Crippen molar-refractivity contribution < 1.29 is 13.0 Å². The Balaban J connectivity index is 0.00000361. The van der Waals surface area contributed by atoms with Gasteiger partial charge in [-0.25, -0.2) is 0 Å². The van der Waals surface area contributed by atoms with Crippen LogP contribution < -0.4 is 5.30 Å². The van der Waals surface area contributed by atoms with E-state index in [-0.39, 0.29) is 48.4 Å². The Morgan fingerprint density at radius 2 is 1.65 bits per heavy atom. The van der Waals surface area contributed by atoms with Gasteiger partial charge in [0.15, 0.2) is 0 Å². The van der Waals surface area contributed by atoms with E-state index in [2.05, 4.69) is 45.0 Å². The van der Waals surface area contributed by atoms with E-state index in [1.807, 2.05) is 6.07 Å². The van der Waals surface area contributed by atoms with Crippen LogP contribution in [0.1, 0.15) is 33.6 Å². The molecule has 0 aliphatic carbocycles. The van der Waals surface area contributed by atoms with Crippen LogP contribution >= 0.6 is 7.92 Å². The summed E-state index contributed by atoms with van der Waals surface area (Å²) in [5, 5.41) is 1.56. The van der Waals surface area contributed by atoms with Gasteiger partial charge in [-0.1, -0.05) is 59.0 Å². The molecule has 0 bridgehead atoms. The number of hydrogen-bond donors (Lipinski definition) is 1. The van der Waals surface area contributed by atoms with E-state index >= 15 is 0 Å². The second kappa shape index (κ2) is 8.87. The van der Waals surface area contributed by atoms with Crippen molar-refractivity contribution >= 4 is 52.9 Å². The predicted octanol–water partition coefficient (Wildman–Crippen LogP) is 2.61. The van der Waals surface area contributed by atoms with Crippen LogP contribution in [0.15, 0.2) is 30.3 Å². The van der Waals surface area contributed by atoms with Gasteiger partial charge >= 0.3 is 29.6 Å². The molecule has 0 saturated carbocycles. The molecular weight excluding hydrogens is 302 g/mol. The molecule has 1 aromatic rings. The van der Waals surface area contributed by atoms with Gasteiger partial charge in [-0.15, -0.1) is 0 Å². The molecule has 0 saturated heterocycles. The quantitative estimate of drug-likeness (QED) is 0.378. The Morgan fingerprint density at radius 1 is 1.10 bits per heavy atom. The topological polar surface area (TPSA) is 54.4 Å². The second-order valence-electron chi connectivity index (χ2n) is 5.65. The van der Waals surface area contributed by atoms with Crippen LogP contribution in [0.5, 0.6) is 0 Å². The number of benzene rings is 1. The Bertz CT molecular complexity index is 483. The zero-order valence-electron chi connectivity index (χ0n) is 11.8. The summed E-state index contributed by atoms with van der Waals surface area (Å²) >= 11 is 0. The Kier molecular flexibility index (Phi) is 9.12. The number of rotatable bonds is 6. The molecule has 1 rings (SSSR count). The summed E-state index contributed by atoms with van der Waals surface area (Å²) in [5.74, 6) is -0.130. The molecule has 0 heterocycles. The third-order valence-electron chi connectivity index (χ3n) is 2.91. The summed E-state index contributed by atoms with van der Waals surface area (Å²) in [7, 11) is -4.14. The van der Waals surface area contributed by atoms with Crippen molar-refractivity contribution in [3.05, 3.63) is 30.3 Å². The molecule has 6 heteroatoms. The molecule has 110 valence electrons. The van der Waals surface area contributed by atoms with E-state index in [4.69, 9.17) is 4.55 Å². The summed E-state index contributed by atoms with van der Waals surface area (Å²) < 4.78 is 30.1. The van der Waals surface area contributed by atoms with E-state index in [1.165, 1.54) is 5.30 Å². The van der Waals surface area contributed by atoms with Crippen LogP contribution in [-0.4, -0.2) is 59.6 Å². The molecule has 1 aromatic carbocycles. The van der Waals surface area contributed by atoms with Crippen LogP contribution in [-0.2, 0) is 10.1 Å². The first-order chi connectivity index (χ1) is 8.70. The SMILES string of the molecule is CC(C)(C)P(CCCCS(=O)(=O)O)c1ccccc1.[NaH]. The first-order valence-corrected chi connectivity index (χ1v) is 9.61. The van der Waals surface area contributed by atoms with E-state index in [1.54, 1.807) is 0 Å². The Hall–Kier alpha value is 0.560. The molecule has 0 spiro atoms. The summed E-state index contributed by atoms with van der Waals surface area (Å²) in [6.07, 6.45) is 2.36. The van der Waals surface area contributed by atoms with Crippen LogP contribution in [0.2, 0.25) is 0 Å². The van der Waals surface area contributed by atoms with Crippen LogP contribution in [0.25, 0.3) is 0 Å². The molecule has 0 fully saturated rings. The molecule has 1 atom stereocenters. The molecule has 0 aliphatic rings. The normalized spacial score (nSPS) is 13.6. The molecule has 1 N–H and O–H groups in total. The van der Waals surface area contributed by atoms with Gasteiger partial charge in [0, 0.05) is 0 Å². The van der Waals surface area contributed by atoms with Crippen molar-refractivity contribution in [1.82, 2.24) is 0 Å². The molecule has 0 radical (unpaired) electrons. The maximum absolute atomic E-state index is 10.7. The average molecular weight is 326 g/mol. The van der Waals surface area contributed by atoms with Gasteiger partial charge in [0.2, 0.25) is 0 Å². The molecule has 0 aliphatic heterocycles. The van der Waals surface area contributed by atoms with E-state index < -0.39 is 10.1 Å². The van der Waals surface area contributed by atoms with E-state index in [0.29, 0.717) is 6.42 Å². The summed E-state index contributed by atoms with van der Waals surface area (Å²) in [4.78, 5) is 0. The van der Waals surface area contributed by atoms with Crippen molar-refractivity contribution in [3.63, 3.8) is 0 Å². The first-order valence-electron chi connectivity index (χ1n) is 6.48. The monoisotopic (exact) mass is 326 g/mol. The molecule has 0 amide bonds. The second-order valence-corrected chi connectivity index (χ2v) is 10.4. The van der Waals surface area contributed by atoms with Crippen molar-refractivity contribution in [3.8, 4) is 0 Å². The molecule has 3 nitrogen and oxygen atoms in total. The Labute approximate surface area is 146 Å². The average Bonchev–Trinajstić information content (AvgIpc) is 2.26. The summed E-state index contributed by atoms with van der Waals surface area (Å²) in [6.45, 7) is 6.69. The summed E-state index contributed by atoms with van der Waals surface area (Å²) in [5.41, 5.74) is 0. The van der Waals surface area contributed by atoms with Crippen LogP contribution in [0.3, 0.4) is 0 Å². The van der Waals surface area contributed by atoms with Gasteiger partial charge in [0.1, 0.15) is 0 Å². The first kappa shape index (κ1) is 20.6. The van der Waals surface area contributed by atoms with Gasteiger partial charge in [0.25, 0.3) is 10.1 Å². The fraction of sp³-hybridized carbons (Fsp3) is 0.571. The van der Waals surface area contributed by atoms with E-state index in [9.17, 15) is 8.42 Å². The molecular formula is C14H24NaO3PS. The number of unbranched alkanes of at least 4 members (excludes halogenated alkanes) is 1. The van der Waals surface area contributed by atoms with Crippen molar-refractivity contribution in [2.24, 2.45) is 0 Å². The minimum atomic E-state index is -3.81. The molecule has 20 heavy (non-hydrogen) atoms. The third kappa shape index (κ3) is 8.11. The van der Waals surface area contributed by atoms with Gasteiger partial charge in [-0.05, 0) is 29.5 Å². The third-order valence-corrected chi connectivity index (χ3v) is 7.02. The zero-order chi connectivity index (χ0) is 14.5. The number of hydrogen-bond acceptors (Lipinski definition) is 2. The standard InChI is InChI=1S/C14H23O3PS.Na.H/c1-14(2,3)18(13-9-5-4-6-10-13)11-7-8-12-19(15,16)17;;/h4-6,9-10H,7-8,11-12H2,1-3H3,(H,15,16,17);;. The predicted molar refractivity (Wildman–Crippen MR) is 90.4 cm³/mol. The van der Waals surface area contributed by atoms with Crippen LogP contribution in [0, 0.1) is 0 Å². The fourth-order valence-corrected chi connectivity index (χ4v) is 5.36. The van der Waals surface area contributed by atoms with Gasteiger partial charge in [0.05, 0.1) is 5.75 Å². The molecule has 1 unspecified atom stereocenters. The van der Waals surface area contributed by atoms with Crippen LogP contribution in [0.4, 0.5) is 0 Å². The van der Waals surface area contributed by atoms with Gasteiger partial charge < -0.3 is 0 Å². The van der Waals surface area contributed by atoms with Gasteiger partial charge in [-0.2, -0.15) is 8.42 Å². The maximum atomic E-state index is 10.7.